The summed E-state index contributed by atoms with van der Waals surface area (Å²) >= 11 is 1.69. The lowest BCUT2D eigenvalue weighted by Crippen LogP contribution is -2.32. The number of thiophene rings is 1. The van der Waals surface area contributed by atoms with Gasteiger partial charge in [0.05, 0.1) is 4.88 Å². The number of nitrogens with zero attached hydrogens (tertiary/aromatic N) is 4. The largest absolute Gasteiger partial charge is 0.420 e. The third-order valence-electron chi connectivity index (χ3n) is 4.48. The van der Waals surface area contributed by atoms with Crippen LogP contribution in [0.3, 0.4) is 0 Å². The molecule has 0 amide bonds. The monoisotopic (exact) mass is 340 g/mol. The van der Waals surface area contributed by atoms with Gasteiger partial charge >= 0.3 is 0 Å². The summed E-state index contributed by atoms with van der Waals surface area (Å²) in [5.41, 5.74) is 1.32. The number of pyridine rings is 1. The molecule has 6 heteroatoms. The molecule has 1 aliphatic rings. The molecule has 0 saturated carbocycles. The van der Waals surface area contributed by atoms with Crippen LogP contribution < -0.4 is 0 Å². The van der Waals surface area contributed by atoms with Crippen LogP contribution >= 0.6 is 11.3 Å². The summed E-state index contributed by atoms with van der Waals surface area (Å²) in [5, 5.41) is 8.53. The SMILES string of the molecule is Cc1ccc(-c2nnc(C3CCN(Cc4ccncc4)CC3)o2)s1. The quantitative estimate of drug-likeness (QED) is 0.721. The maximum atomic E-state index is 5.94. The molecular weight excluding hydrogens is 320 g/mol. The molecule has 0 bridgehead atoms. The van der Waals surface area contributed by atoms with Crippen LogP contribution in [-0.2, 0) is 6.54 Å². The first-order valence-corrected chi connectivity index (χ1v) is 9.11. The number of aryl methyl sites for hydroxylation is 1. The predicted molar refractivity (Wildman–Crippen MR) is 93.8 cm³/mol. The number of hydrogen-bond donors (Lipinski definition) is 0. The standard InChI is InChI=1S/C18H20N4OS/c1-13-2-3-16(24-13)18-21-20-17(23-18)15-6-10-22(11-7-15)12-14-4-8-19-9-5-14/h2-5,8-9,15H,6-7,10-12H2,1H3. The Morgan fingerprint density at radius 3 is 2.62 bits per heavy atom. The summed E-state index contributed by atoms with van der Waals surface area (Å²) < 4.78 is 5.94. The van der Waals surface area contributed by atoms with Crippen LogP contribution in [0.1, 0.15) is 35.1 Å². The van der Waals surface area contributed by atoms with Crippen LogP contribution in [0.5, 0.6) is 0 Å². The van der Waals surface area contributed by atoms with Gasteiger partial charge in [0, 0.05) is 29.7 Å². The van der Waals surface area contributed by atoms with E-state index in [0.717, 1.165) is 43.2 Å². The highest BCUT2D eigenvalue weighted by Crippen LogP contribution is 2.32. The van der Waals surface area contributed by atoms with Crippen molar-refractivity contribution in [1.82, 2.24) is 20.1 Å². The summed E-state index contributed by atoms with van der Waals surface area (Å²) in [4.78, 5) is 8.87. The summed E-state index contributed by atoms with van der Waals surface area (Å²) in [5.74, 6) is 1.82. The van der Waals surface area contributed by atoms with Crippen molar-refractivity contribution in [2.75, 3.05) is 13.1 Å². The fourth-order valence-electron chi connectivity index (χ4n) is 3.13. The Morgan fingerprint density at radius 1 is 1.12 bits per heavy atom. The molecule has 0 N–H and O–H groups in total. The molecule has 4 rings (SSSR count). The smallest absolute Gasteiger partial charge is 0.257 e. The zero-order valence-electron chi connectivity index (χ0n) is 13.7. The first-order valence-electron chi connectivity index (χ1n) is 8.29. The van der Waals surface area contributed by atoms with Crippen molar-refractivity contribution >= 4 is 11.3 Å². The van der Waals surface area contributed by atoms with E-state index in [1.165, 1.54) is 10.4 Å². The molecule has 24 heavy (non-hydrogen) atoms. The molecule has 0 aromatic carbocycles. The maximum absolute atomic E-state index is 5.94. The Hall–Kier alpha value is -2.05. The van der Waals surface area contributed by atoms with Gasteiger partial charge in [-0.25, -0.2) is 0 Å². The molecule has 124 valence electrons. The van der Waals surface area contributed by atoms with E-state index < -0.39 is 0 Å². The first-order chi connectivity index (χ1) is 11.8. The Labute approximate surface area is 145 Å². The number of aromatic nitrogens is 3. The topological polar surface area (TPSA) is 55.1 Å². The average molecular weight is 340 g/mol. The Balaban J connectivity index is 1.37. The predicted octanol–water partition coefficient (Wildman–Crippen LogP) is 3.88. The number of rotatable bonds is 4. The van der Waals surface area contributed by atoms with E-state index in [9.17, 15) is 0 Å². The lowest BCUT2D eigenvalue weighted by atomic mass is 9.96. The minimum absolute atomic E-state index is 0.376. The molecule has 1 aliphatic heterocycles. The summed E-state index contributed by atoms with van der Waals surface area (Å²) in [7, 11) is 0. The van der Waals surface area contributed by atoms with Gasteiger partial charge in [0.1, 0.15) is 0 Å². The van der Waals surface area contributed by atoms with Crippen LogP contribution in [0.2, 0.25) is 0 Å². The van der Waals surface area contributed by atoms with E-state index >= 15 is 0 Å². The molecule has 5 nitrogen and oxygen atoms in total. The van der Waals surface area contributed by atoms with E-state index in [2.05, 4.69) is 51.3 Å². The van der Waals surface area contributed by atoms with Crippen LogP contribution in [0, 0.1) is 6.92 Å². The molecule has 1 saturated heterocycles. The van der Waals surface area contributed by atoms with Crippen molar-refractivity contribution in [2.45, 2.75) is 32.2 Å². The van der Waals surface area contributed by atoms with Crippen LogP contribution in [0.25, 0.3) is 10.8 Å². The second-order valence-corrected chi connectivity index (χ2v) is 7.55. The van der Waals surface area contributed by atoms with E-state index in [-0.39, 0.29) is 0 Å². The third kappa shape index (κ3) is 3.39. The molecule has 3 aromatic heterocycles. The Kier molecular flexibility index (Phi) is 4.40. The summed E-state index contributed by atoms with van der Waals surface area (Å²) in [6.45, 7) is 5.19. The lowest BCUT2D eigenvalue weighted by Gasteiger charge is -2.30. The van der Waals surface area contributed by atoms with Gasteiger partial charge in [0.25, 0.3) is 5.89 Å². The van der Waals surface area contributed by atoms with Crippen molar-refractivity contribution in [3.05, 3.63) is 53.0 Å². The van der Waals surface area contributed by atoms with Gasteiger partial charge in [0.15, 0.2) is 0 Å². The third-order valence-corrected chi connectivity index (χ3v) is 5.47. The highest BCUT2D eigenvalue weighted by Gasteiger charge is 2.25. The normalized spacial score (nSPS) is 16.5. The minimum atomic E-state index is 0.376. The molecular formula is C18H20N4OS. The van der Waals surface area contributed by atoms with E-state index in [4.69, 9.17) is 4.42 Å². The summed E-state index contributed by atoms with van der Waals surface area (Å²) in [6, 6.07) is 8.30. The average Bonchev–Trinajstić information content (AvgIpc) is 3.25. The second-order valence-electron chi connectivity index (χ2n) is 6.26. The van der Waals surface area contributed by atoms with E-state index in [0.29, 0.717) is 11.8 Å². The molecule has 0 atom stereocenters. The van der Waals surface area contributed by atoms with E-state index in [1.807, 2.05) is 12.4 Å². The second kappa shape index (κ2) is 6.83. The van der Waals surface area contributed by atoms with Gasteiger partial charge in [0.2, 0.25) is 5.89 Å². The Bertz CT molecular complexity index is 790. The van der Waals surface area contributed by atoms with Crippen LogP contribution in [0.4, 0.5) is 0 Å². The molecule has 0 spiro atoms. The van der Waals surface area contributed by atoms with Gasteiger partial charge < -0.3 is 4.42 Å². The van der Waals surface area contributed by atoms with Gasteiger partial charge in [-0.05, 0) is 62.7 Å². The van der Waals surface area contributed by atoms with Crippen molar-refractivity contribution < 1.29 is 4.42 Å². The van der Waals surface area contributed by atoms with Gasteiger partial charge in [-0.1, -0.05) is 0 Å². The number of piperidine rings is 1. The van der Waals surface area contributed by atoms with Crippen molar-refractivity contribution in [3.8, 4) is 10.8 Å². The molecule has 0 unspecified atom stereocenters. The van der Waals surface area contributed by atoms with Crippen LogP contribution in [0.15, 0.2) is 41.1 Å². The number of likely N-dealkylation sites (tertiary alicyclic amines) is 1. The minimum Gasteiger partial charge on any atom is -0.420 e. The van der Waals surface area contributed by atoms with E-state index in [1.54, 1.807) is 11.3 Å². The van der Waals surface area contributed by atoms with Gasteiger partial charge in [-0.15, -0.1) is 21.5 Å². The zero-order valence-corrected chi connectivity index (χ0v) is 14.5. The van der Waals surface area contributed by atoms with Gasteiger partial charge in [-0.2, -0.15) is 0 Å². The van der Waals surface area contributed by atoms with Crippen LogP contribution in [-0.4, -0.2) is 33.2 Å². The molecule has 1 fully saturated rings. The fourth-order valence-corrected chi connectivity index (χ4v) is 3.92. The van der Waals surface area contributed by atoms with Gasteiger partial charge in [-0.3, -0.25) is 9.88 Å². The van der Waals surface area contributed by atoms with Crippen molar-refractivity contribution in [3.63, 3.8) is 0 Å². The first kappa shape index (κ1) is 15.5. The summed E-state index contributed by atoms with van der Waals surface area (Å²) in [6.07, 6.45) is 5.84. The lowest BCUT2D eigenvalue weighted by molar-refractivity contribution is 0.193. The highest BCUT2D eigenvalue weighted by atomic mass is 32.1. The fraction of sp³-hybridized carbons (Fsp3) is 0.389. The maximum Gasteiger partial charge on any atom is 0.257 e. The Morgan fingerprint density at radius 2 is 1.92 bits per heavy atom. The highest BCUT2D eigenvalue weighted by molar-refractivity contribution is 7.15. The zero-order chi connectivity index (χ0) is 16.4. The molecule has 0 aliphatic carbocycles. The molecule has 0 radical (unpaired) electrons. The molecule has 4 heterocycles. The number of hydrogen-bond acceptors (Lipinski definition) is 6. The van der Waals surface area contributed by atoms with Crippen molar-refractivity contribution in [1.29, 1.82) is 0 Å². The van der Waals surface area contributed by atoms with Crippen molar-refractivity contribution in [2.24, 2.45) is 0 Å². The molecule has 3 aromatic rings.